The molecule has 0 radical (unpaired) electrons. The molecule has 144 valence electrons. The van der Waals surface area contributed by atoms with Gasteiger partial charge in [-0.2, -0.15) is 4.68 Å². The molecule has 0 unspecified atom stereocenters. The minimum Gasteiger partial charge on any atom is -0.453 e. The Kier molecular flexibility index (Phi) is 5.54. The topological polar surface area (TPSA) is 91.4 Å². The highest BCUT2D eigenvalue weighted by Crippen LogP contribution is 2.15. The van der Waals surface area contributed by atoms with E-state index in [0.29, 0.717) is 11.1 Å². The van der Waals surface area contributed by atoms with E-state index in [9.17, 15) is 14.4 Å². The van der Waals surface area contributed by atoms with Gasteiger partial charge in [-0.3, -0.25) is 9.59 Å². The van der Waals surface area contributed by atoms with E-state index < -0.39 is 24.4 Å². The monoisotopic (exact) mass is 380 g/mol. The van der Waals surface area contributed by atoms with Crippen molar-refractivity contribution in [1.29, 1.82) is 0 Å². The molecule has 2 aromatic carbocycles. The molecule has 0 aliphatic rings. The van der Waals surface area contributed by atoms with Crippen LogP contribution in [0.5, 0.6) is 0 Å². The molecular formula is C21H20N2O5. The molecule has 0 spiro atoms. The number of ether oxygens (including phenoxy) is 1. The zero-order chi connectivity index (χ0) is 20.3. The molecule has 0 amide bonds. The third kappa shape index (κ3) is 4.25. The maximum absolute atomic E-state index is 12.5. The summed E-state index contributed by atoms with van der Waals surface area (Å²) < 4.78 is 11.1. The van der Waals surface area contributed by atoms with Gasteiger partial charge in [0.25, 0.3) is 0 Å². The van der Waals surface area contributed by atoms with Crippen molar-refractivity contribution in [3.8, 4) is 11.5 Å². The summed E-state index contributed by atoms with van der Waals surface area (Å²) in [7, 11) is 0. The van der Waals surface area contributed by atoms with Gasteiger partial charge in [0, 0.05) is 11.1 Å². The van der Waals surface area contributed by atoms with Crippen LogP contribution >= 0.6 is 0 Å². The van der Waals surface area contributed by atoms with Crippen molar-refractivity contribution in [2.24, 2.45) is 0 Å². The molecule has 1 heterocycles. The second-order valence-corrected chi connectivity index (χ2v) is 6.49. The van der Waals surface area contributed by atoms with Gasteiger partial charge < -0.3 is 9.15 Å². The highest BCUT2D eigenvalue weighted by atomic mass is 16.5. The number of aromatic nitrogens is 2. The minimum atomic E-state index is -0.981. The van der Waals surface area contributed by atoms with Crippen LogP contribution in [0.4, 0.5) is 0 Å². The van der Waals surface area contributed by atoms with Crippen LogP contribution in [0, 0.1) is 13.8 Å². The first-order valence-electron chi connectivity index (χ1n) is 8.79. The number of carbonyl (C=O) groups is 2. The Morgan fingerprint density at radius 1 is 1.11 bits per heavy atom. The van der Waals surface area contributed by atoms with Gasteiger partial charge in [-0.05, 0) is 50.1 Å². The van der Waals surface area contributed by atoms with Crippen LogP contribution in [0.25, 0.3) is 11.5 Å². The summed E-state index contributed by atoms with van der Waals surface area (Å²) >= 11 is 0. The summed E-state index contributed by atoms with van der Waals surface area (Å²) in [5, 5.41) is 4.00. The molecule has 0 saturated heterocycles. The Hall–Kier alpha value is -3.48. The van der Waals surface area contributed by atoms with Gasteiger partial charge in [0.1, 0.15) is 6.54 Å². The minimum absolute atomic E-state index is 0.109. The zero-order valence-electron chi connectivity index (χ0n) is 15.8. The third-order valence-electron chi connectivity index (χ3n) is 4.37. The van der Waals surface area contributed by atoms with E-state index in [-0.39, 0.29) is 11.7 Å². The molecule has 3 rings (SSSR count). The average Bonchev–Trinajstić information content (AvgIpc) is 3.04. The van der Waals surface area contributed by atoms with Crippen molar-refractivity contribution in [3.63, 3.8) is 0 Å². The Morgan fingerprint density at radius 3 is 2.50 bits per heavy atom. The van der Waals surface area contributed by atoms with Gasteiger partial charge in [-0.15, -0.1) is 5.10 Å². The fourth-order valence-electron chi connectivity index (χ4n) is 2.64. The van der Waals surface area contributed by atoms with Crippen LogP contribution in [0.3, 0.4) is 0 Å². The van der Waals surface area contributed by atoms with E-state index in [4.69, 9.17) is 9.15 Å². The van der Waals surface area contributed by atoms with Crippen molar-refractivity contribution in [1.82, 2.24) is 9.78 Å². The lowest BCUT2D eigenvalue weighted by molar-refractivity contribution is -0.147. The first kappa shape index (κ1) is 19.3. The molecule has 1 atom stereocenters. The summed E-state index contributed by atoms with van der Waals surface area (Å²) in [4.78, 5) is 36.6. The summed E-state index contributed by atoms with van der Waals surface area (Å²) in [6, 6.07) is 14.2. The Labute approximate surface area is 161 Å². The van der Waals surface area contributed by atoms with E-state index in [2.05, 4.69) is 5.10 Å². The number of rotatable bonds is 6. The smallest absolute Gasteiger partial charge is 0.437 e. The molecule has 0 fully saturated rings. The van der Waals surface area contributed by atoms with Crippen molar-refractivity contribution in [2.45, 2.75) is 33.4 Å². The van der Waals surface area contributed by atoms with Crippen LogP contribution in [0.2, 0.25) is 0 Å². The van der Waals surface area contributed by atoms with Gasteiger partial charge in [0.05, 0.1) is 0 Å². The quantitative estimate of drug-likeness (QED) is 0.482. The summed E-state index contributed by atoms with van der Waals surface area (Å²) in [6.07, 6.45) is -0.981. The first-order chi connectivity index (χ1) is 13.3. The second kappa shape index (κ2) is 8.04. The predicted molar refractivity (Wildman–Crippen MR) is 102 cm³/mol. The number of benzene rings is 2. The first-order valence-corrected chi connectivity index (χ1v) is 8.79. The number of aryl methyl sites for hydroxylation is 2. The van der Waals surface area contributed by atoms with Crippen molar-refractivity contribution >= 4 is 11.8 Å². The van der Waals surface area contributed by atoms with Crippen LogP contribution in [0.15, 0.2) is 57.7 Å². The van der Waals surface area contributed by atoms with Crippen molar-refractivity contribution in [3.05, 3.63) is 75.8 Å². The molecule has 7 nitrogen and oxygen atoms in total. The lowest BCUT2D eigenvalue weighted by Gasteiger charge is -2.13. The third-order valence-corrected chi connectivity index (χ3v) is 4.37. The molecule has 3 aromatic rings. The van der Waals surface area contributed by atoms with E-state index >= 15 is 0 Å². The number of hydrogen-bond donors (Lipinski definition) is 0. The highest BCUT2D eigenvalue weighted by molar-refractivity contribution is 6.00. The molecule has 0 bridgehead atoms. The number of ketones is 1. The SMILES string of the molecule is Cc1ccc(C(=O)[C@@H](C)OC(=O)Cn2nc(-c3ccccc3)oc2=O)cc1C. The molecule has 0 aliphatic heterocycles. The van der Waals surface area contributed by atoms with Crippen molar-refractivity contribution in [2.75, 3.05) is 0 Å². The standard InChI is InChI=1S/C21H20N2O5/c1-13-9-10-17(11-14(13)2)19(25)15(3)27-18(24)12-23-21(26)28-20(22-23)16-7-5-4-6-8-16/h4-11,15H,12H2,1-3H3/t15-/m1/s1. The van der Waals surface area contributed by atoms with Crippen LogP contribution in [-0.4, -0.2) is 27.6 Å². The fraction of sp³-hybridized carbons (Fsp3) is 0.238. The Bertz CT molecular complexity index is 1070. The van der Waals surface area contributed by atoms with Crippen LogP contribution < -0.4 is 5.76 Å². The van der Waals surface area contributed by atoms with Crippen molar-refractivity contribution < 1.29 is 18.7 Å². The Morgan fingerprint density at radius 2 is 1.82 bits per heavy atom. The maximum Gasteiger partial charge on any atom is 0.437 e. The number of Topliss-reactive ketones (excluding diaryl/α,β-unsaturated/α-hetero) is 1. The van der Waals surface area contributed by atoms with Gasteiger partial charge in [0.15, 0.2) is 6.10 Å². The number of hydrogen-bond acceptors (Lipinski definition) is 6. The van der Waals surface area contributed by atoms with E-state index in [1.54, 1.807) is 36.4 Å². The zero-order valence-corrected chi connectivity index (χ0v) is 15.8. The summed E-state index contributed by atoms with van der Waals surface area (Å²) in [5.74, 6) is -1.73. The number of nitrogens with zero attached hydrogens (tertiary/aromatic N) is 2. The molecule has 0 aliphatic carbocycles. The number of carbonyl (C=O) groups excluding carboxylic acids is 2. The summed E-state index contributed by atoms with van der Waals surface area (Å²) in [5.41, 5.74) is 3.13. The largest absolute Gasteiger partial charge is 0.453 e. The highest BCUT2D eigenvalue weighted by Gasteiger charge is 2.21. The molecular weight excluding hydrogens is 360 g/mol. The van der Waals surface area contributed by atoms with Gasteiger partial charge in [-0.1, -0.05) is 30.3 Å². The fourth-order valence-corrected chi connectivity index (χ4v) is 2.64. The van der Waals surface area contributed by atoms with E-state index in [1.165, 1.54) is 6.92 Å². The molecule has 1 aromatic heterocycles. The predicted octanol–water partition coefficient (Wildman–Crippen LogP) is 2.93. The van der Waals surface area contributed by atoms with Gasteiger partial charge in [-0.25, -0.2) is 4.79 Å². The maximum atomic E-state index is 12.5. The lowest BCUT2D eigenvalue weighted by Crippen LogP contribution is -2.29. The summed E-state index contributed by atoms with van der Waals surface area (Å²) in [6.45, 7) is 4.91. The molecule has 7 heteroatoms. The molecule has 0 saturated carbocycles. The van der Waals surface area contributed by atoms with E-state index in [1.807, 2.05) is 26.0 Å². The second-order valence-electron chi connectivity index (χ2n) is 6.49. The molecule has 0 N–H and O–H groups in total. The normalized spacial score (nSPS) is 11.8. The van der Waals surface area contributed by atoms with Crippen LogP contribution in [0.1, 0.15) is 28.4 Å². The van der Waals surface area contributed by atoms with Crippen LogP contribution in [-0.2, 0) is 16.1 Å². The number of esters is 1. The lowest BCUT2D eigenvalue weighted by atomic mass is 10.0. The Balaban J connectivity index is 1.67. The van der Waals surface area contributed by atoms with Gasteiger partial charge >= 0.3 is 11.7 Å². The van der Waals surface area contributed by atoms with Gasteiger partial charge in [0.2, 0.25) is 11.7 Å². The van der Waals surface area contributed by atoms with E-state index in [0.717, 1.165) is 15.8 Å². The molecule has 28 heavy (non-hydrogen) atoms. The average molecular weight is 380 g/mol.